The largest absolute Gasteiger partial charge is 0.398 e. The molecule has 0 spiro atoms. The normalized spacial score (nSPS) is 13.5. The smallest absolute Gasteiger partial charge is 0.240 e. The molecule has 0 saturated carbocycles. The second-order valence-corrected chi connectivity index (χ2v) is 7.67. The van der Waals surface area contributed by atoms with E-state index in [4.69, 9.17) is 5.73 Å². The van der Waals surface area contributed by atoms with Crippen LogP contribution in [-0.4, -0.2) is 26.0 Å². The van der Waals surface area contributed by atoms with Crippen molar-refractivity contribution in [2.75, 3.05) is 17.2 Å². The van der Waals surface area contributed by atoms with Crippen molar-refractivity contribution in [3.05, 3.63) is 23.3 Å². The van der Waals surface area contributed by atoms with Crippen molar-refractivity contribution in [2.24, 2.45) is 0 Å². The van der Waals surface area contributed by atoms with Gasteiger partial charge in [0.2, 0.25) is 10.0 Å². The van der Waals surface area contributed by atoms with Gasteiger partial charge in [0.15, 0.2) is 0 Å². The Morgan fingerprint density at radius 1 is 1.37 bits per heavy atom. The highest BCUT2D eigenvalue weighted by molar-refractivity contribution is 7.99. The second kappa shape index (κ2) is 6.63. The lowest BCUT2D eigenvalue weighted by molar-refractivity contribution is 0.571. The molecule has 0 amide bonds. The molecule has 4 nitrogen and oxygen atoms in total. The number of nitrogen functional groups attached to an aromatic ring is 1. The molecule has 1 aromatic carbocycles. The van der Waals surface area contributed by atoms with Gasteiger partial charge in [-0.25, -0.2) is 13.1 Å². The number of hydrogen-bond acceptors (Lipinski definition) is 4. The highest BCUT2D eigenvalue weighted by Crippen LogP contribution is 2.21. The minimum atomic E-state index is -3.50. The molecule has 0 radical (unpaired) electrons. The molecule has 1 unspecified atom stereocenters. The Morgan fingerprint density at radius 3 is 2.53 bits per heavy atom. The summed E-state index contributed by atoms with van der Waals surface area (Å²) in [5.74, 6) is 1.73. The van der Waals surface area contributed by atoms with Crippen molar-refractivity contribution in [3.8, 4) is 0 Å². The van der Waals surface area contributed by atoms with E-state index in [0.29, 0.717) is 5.69 Å². The summed E-state index contributed by atoms with van der Waals surface area (Å²) in [5, 5.41) is 0. The molecule has 0 heterocycles. The lowest BCUT2D eigenvalue weighted by atomic mass is 10.1. The highest BCUT2D eigenvalue weighted by Gasteiger charge is 2.18. The first-order chi connectivity index (χ1) is 8.77. The monoisotopic (exact) mass is 302 g/mol. The van der Waals surface area contributed by atoms with E-state index in [2.05, 4.69) is 11.6 Å². The molecule has 19 heavy (non-hydrogen) atoms. The number of rotatable bonds is 6. The van der Waals surface area contributed by atoms with Gasteiger partial charge in [-0.05, 0) is 49.8 Å². The molecule has 1 rings (SSSR count). The average Bonchev–Trinajstić information content (AvgIpc) is 2.32. The van der Waals surface area contributed by atoms with Crippen LogP contribution in [0.4, 0.5) is 5.69 Å². The Kier molecular flexibility index (Phi) is 5.70. The van der Waals surface area contributed by atoms with Gasteiger partial charge < -0.3 is 5.73 Å². The standard InChI is InChI=1S/C13H22N2O2S2/c1-5-18-8-10(3)15-19(16,17)12-6-9(2)11(4)13(14)7-12/h6-7,10,15H,5,8,14H2,1-4H3. The molecule has 0 saturated heterocycles. The lowest BCUT2D eigenvalue weighted by Gasteiger charge is -2.15. The summed E-state index contributed by atoms with van der Waals surface area (Å²) in [5.41, 5.74) is 8.15. The summed E-state index contributed by atoms with van der Waals surface area (Å²) in [4.78, 5) is 0.237. The maximum atomic E-state index is 12.2. The lowest BCUT2D eigenvalue weighted by Crippen LogP contribution is -2.34. The van der Waals surface area contributed by atoms with E-state index in [9.17, 15) is 8.42 Å². The summed E-state index contributed by atoms with van der Waals surface area (Å²) in [6, 6.07) is 3.08. The van der Waals surface area contributed by atoms with Gasteiger partial charge in [-0.15, -0.1) is 0 Å². The van der Waals surface area contributed by atoms with Crippen LogP contribution in [0, 0.1) is 13.8 Å². The zero-order valence-corrected chi connectivity index (χ0v) is 13.5. The SMILES string of the molecule is CCSCC(C)NS(=O)(=O)c1cc(C)c(C)c(N)c1. The third-order valence-corrected chi connectivity index (χ3v) is 5.63. The third kappa shape index (κ3) is 4.40. The number of anilines is 1. The Morgan fingerprint density at radius 2 is 2.00 bits per heavy atom. The van der Waals surface area contributed by atoms with E-state index in [1.807, 2.05) is 20.8 Å². The minimum absolute atomic E-state index is 0.0993. The predicted molar refractivity (Wildman–Crippen MR) is 83.1 cm³/mol. The van der Waals surface area contributed by atoms with E-state index in [0.717, 1.165) is 22.6 Å². The molecule has 0 aliphatic heterocycles. The number of hydrogen-bond donors (Lipinski definition) is 2. The number of sulfonamides is 1. The maximum absolute atomic E-state index is 12.2. The van der Waals surface area contributed by atoms with Crippen LogP contribution in [0.2, 0.25) is 0 Å². The summed E-state index contributed by atoms with van der Waals surface area (Å²) >= 11 is 1.71. The van der Waals surface area contributed by atoms with Crippen LogP contribution in [0.3, 0.4) is 0 Å². The van der Waals surface area contributed by atoms with Crippen molar-refractivity contribution < 1.29 is 8.42 Å². The fourth-order valence-corrected chi connectivity index (χ4v) is 3.81. The fourth-order valence-electron chi connectivity index (χ4n) is 1.67. The summed E-state index contributed by atoms with van der Waals surface area (Å²) < 4.78 is 27.2. The van der Waals surface area contributed by atoms with Crippen molar-refractivity contribution in [1.82, 2.24) is 4.72 Å². The Hall–Kier alpha value is -0.720. The number of aryl methyl sites for hydroxylation is 1. The molecule has 0 fully saturated rings. The molecule has 0 aliphatic rings. The predicted octanol–water partition coefficient (Wildman–Crippen LogP) is 2.31. The van der Waals surface area contributed by atoms with Gasteiger partial charge in [0.25, 0.3) is 0 Å². The van der Waals surface area contributed by atoms with Crippen LogP contribution >= 0.6 is 11.8 Å². The first-order valence-corrected chi connectivity index (χ1v) is 8.88. The van der Waals surface area contributed by atoms with Crippen molar-refractivity contribution in [1.29, 1.82) is 0 Å². The van der Waals surface area contributed by atoms with Crippen LogP contribution in [-0.2, 0) is 10.0 Å². The van der Waals surface area contributed by atoms with E-state index in [-0.39, 0.29) is 10.9 Å². The molecule has 6 heteroatoms. The molecule has 1 aromatic rings. The molecule has 0 aromatic heterocycles. The number of nitrogens with two attached hydrogens (primary N) is 1. The Balaban J connectivity index is 2.95. The topological polar surface area (TPSA) is 72.2 Å². The van der Waals surface area contributed by atoms with Gasteiger partial charge in [-0.3, -0.25) is 0 Å². The maximum Gasteiger partial charge on any atom is 0.240 e. The number of benzene rings is 1. The highest BCUT2D eigenvalue weighted by atomic mass is 32.2. The molecule has 3 N–H and O–H groups in total. The van der Waals surface area contributed by atoms with Crippen LogP contribution in [0.25, 0.3) is 0 Å². The van der Waals surface area contributed by atoms with Gasteiger partial charge in [-0.1, -0.05) is 6.92 Å². The zero-order valence-electron chi connectivity index (χ0n) is 11.9. The first kappa shape index (κ1) is 16.3. The quantitative estimate of drug-likeness (QED) is 0.791. The van der Waals surface area contributed by atoms with Crippen molar-refractivity contribution in [2.45, 2.75) is 38.6 Å². The van der Waals surface area contributed by atoms with Gasteiger partial charge >= 0.3 is 0 Å². The summed E-state index contributed by atoms with van der Waals surface area (Å²) in [7, 11) is -3.50. The fraction of sp³-hybridized carbons (Fsp3) is 0.538. The first-order valence-electron chi connectivity index (χ1n) is 6.24. The van der Waals surface area contributed by atoms with Gasteiger partial charge in [0.1, 0.15) is 0 Å². The van der Waals surface area contributed by atoms with Crippen LogP contribution in [0.1, 0.15) is 25.0 Å². The van der Waals surface area contributed by atoms with Gasteiger partial charge in [0, 0.05) is 17.5 Å². The zero-order chi connectivity index (χ0) is 14.6. The molecule has 0 bridgehead atoms. The van der Waals surface area contributed by atoms with E-state index in [1.54, 1.807) is 17.8 Å². The average molecular weight is 302 g/mol. The van der Waals surface area contributed by atoms with Crippen molar-refractivity contribution in [3.63, 3.8) is 0 Å². The van der Waals surface area contributed by atoms with Gasteiger partial charge in [-0.2, -0.15) is 11.8 Å². The third-order valence-electron chi connectivity index (χ3n) is 2.92. The van der Waals surface area contributed by atoms with Gasteiger partial charge in [0.05, 0.1) is 4.90 Å². The van der Waals surface area contributed by atoms with Crippen LogP contribution < -0.4 is 10.5 Å². The Labute approximate surface area is 120 Å². The molecule has 108 valence electrons. The van der Waals surface area contributed by atoms with E-state index < -0.39 is 10.0 Å². The summed E-state index contributed by atoms with van der Waals surface area (Å²) in [6.45, 7) is 7.66. The minimum Gasteiger partial charge on any atom is -0.398 e. The number of nitrogens with one attached hydrogen (secondary N) is 1. The van der Waals surface area contributed by atoms with Crippen molar-refractivity contribution >= 4 is 27.5 Å². The number of thioether (sulfide) groups is 1. The molecular weight excluding hydrogens is 280 g/mol. The van der Waals surface area contributed by atoms with Crippen LogP contribution in [0.15, 0.2) is 17.0 Å². The molecular formula is C13H22N2O2S2. The van der Waals surface area contributed by atoms with Crippen LogP contribution in [0.5, 0.6) is 0 Å². The van der Waals surface area contributed by atoms with E-state index in [1.165, 1.54) is 6.07 Å². The molecule has 1 atom stereocenters. The Bertz CT molecular complexity index is 519. The second-order valence-electron chi connectivity index (χ2n) is 4.64. The van der Waals surface area contributed by atoms with E-state index >= 15 is 0 Å². The summed E-state index contributed by atoms with van der Waals surface area (Å²) in [6.07, 6.45) is 0. The molecule has 0 aliphatic carbocycles.